The maximum absolute atomic E-state index is 6.21. The molecule has 1 fully saturated rings. The lowest BCUT2D eigenvalue weighted by Crippen LogP contribution is -2.38. The van der Waals surface area contributed by atoms with Gasteiger partial charge in [-0.25, -0.2) is 4.99 Å². The second kappa shape index (κ2) is 13.6. The van der Waals surface area contributed by atoms with Crippen molar-refractivity contribution >= 4 is 29.9 Å². The third kappa shape index (κ3) is 7.89. The lowest BCUT2D eigenvalue weighted by molar-refractivity contribution is 0.140. The van der Waals surface area contributed by atoms with Crippen LogP contribution in [0.3, 0.4) is 0 Å². The summed E-state index contributed by atoms with van der Waals surface area (Å²) < 4.78 is 18.8. The number of benzene rings is 1. The van der Waals surface area contributed by atoms with Crippen LogP contribution in [-0.4, -0.2) is 60.3 Å². The Morgan fingerprint density at radius 1 is 1.28 bits per heavy atom. The molecule has 3 rings (SSSR count). The van der Waals surface area contributed by atoms with E-state index < -0.39 is 0 Å². The van der Waals surface area contributed by atoms with Gasteiger partial charge in [-0.15, -0.1) is 34.2 Å². The maximum atomic E-state index is 6.21. The number of methoxy groups -OCH3 is 1. The number of halogens is 1. The molecule has 0 radical (unpaired) electrons. The second-order valence-electron chi connectivity index (χ2n) is 7.73. The molecule has 10 heteroatoms. The third-order valence-electron chi connectivity index (χ3n) is 5.23. The van der Waals surface area contributed by atoms with Crippen LogP contribution in [-0.2, 0) is 29.6 Å². The average Bonchev–Trinajstić information content (AvgIpc) is 3.38. The van der Waals surface area contributed by atoms with Crippen molar-refractivity contribution in [1.29, 1.82) is 0 Å². The molecule has 2 aromatic rings. The summed E-state index contributed by atoms with van der Waals surface area (Å²) in [5.41, 5.74) is 2.21. The molecule has 0 bridgehead atoms. The molecule has 32 heavy (non-hydrogen) atoms. The Bertz CT molecular complexity index is 867. The standard InChI is InChI=1S/C22H34N6O3.HI/c1-16-6-7-18(20(12-16)31-19-8-11-30-15-19)13-24-22(23-9-5-10-29-4)25-14-21-27-26-17(2)28(21)3;/h6-7,12,19H,5,8-11,13-15H2,1-4H3,(H2,23,24,25);1H. The summed E-state index contributed by atoms with van der Waals surface area (Å²) in [6, 6.07) is 6.24. The van der Waals surface area contributed by atoms with Crippen LogP contribution in [0.4, 0.5) is 0 Å². The first-order chi connectivity index (χ1) is 15.1. The molecule has 0 saturated carbocycles. The Hall–Kier alpha value is -1.92. The highest BCUT2D eigenvalue weighted by Crippen LogP contribution is 2.24. The zero-order chi connectivity index (χ0) is 22.1. The Balaban J connectivity index is 0.00000363. The summed E-state index contributed by atoms with van der Waals surface area (Å²) >= 11 is 0. The first-order valence-corrected chi connectivity index (χ1v) is 10.8. The molecule has 1 aliphatic heterocycles. The van der Waals surface area contributed by atoms with Crippen LogP contribution < -0.4 is 15.4 Å². The number of nitrogens with zero attached hydrogens (tertiary/aromatic N) is 4. The summed E-state index contributed by atoms with van der Waals surface area (Å²) in [7, 11) is 3.66. The van der Waals surface area contributed by atoms with Gasteiger partial charge in [-0.05, 0) is 31.9 Å². The summed E-state index contributed by atoms with van der Waals surface area (Å²) in [5, 5.41) is 15.0. The van der Waals surface area contributed by atoms with E-state index in [-0.39, 0.29) is 30.1 Å². The number of hydrogen-bond acceptors (Lipinski definition) is 6. The van der Waals surface area contributed by atoms with Crippen molar-refractivity contribution in [3.05, 3.63) is 41.0 Å². The van der Waals surface area contributed by atoms with Gasteiger partial charge in [0, 0.05) is 39.3 Å². The van der Waals surface area contributed by atoms with Gasteiger partial charge in [0.05, 0.1) is 26.3 Å². The number of ether oxygens (including phenoxy) is 3. The van der Waals surface area contributed by atoms with Gasteiger partial charge >= 0.3 is 0 Å². The first-order valence-electron chi connectivity index (χ1n) is 10.8. The van der Waals surface area contributed by atoms with Crippen LogP contribution in [0.2, 0.25) is 0 Å². The SMILES string of the molecule is COCCCNC(=NCc1ccc(C)cc1OC1CCOC1)NCc1nnc(C)n1C.I. The summed E-state index contributed by atoms with van der Waals surface area (Å²) in [6.45, 7) is 7.88. The summed E-state index contributed by atoms with van der Waals surface area (Å²) in [4.78, 5) is 4.79. The van der Waals surface area contributed by atoms with Gasteiger partial charge in [-0.3, -0.25) is 0 Å². The van der Waals surface area contributed by atoms with Gasteiger partial charge in [0.15, 0.2) is 11.8 Å². The molecular weight excluding hydrogens is 523 g/mol. The monoisotopic (exact) mass is 558 g/mol. The fraction of sp³-hybridized carbons (Fsp3) is 0.591. The largest absolute Gasteiger partial charge is 0.488 e. The van der Waals surface area contributed by atoms with Crippen LogP contribution in [0, 0.1) is 13.8 Å². The van der Waals surface area contributed by atoms with Crippen molar-refractivity contribution in [2.75, 3.05) is 33.5 Å². The topological polar surface area (TPSA) is 94.8 Å². The number of rotatable bonds is 10. The summed E-state index contributed by atoms with van der Waals surface area (Å²) in [6.07, 6.45) is 1.91. The highest BCUT2D eigenvalue weighted by molar-refractivity contribution is 14.0. The van der Waals surface area contributed by atoms with Crippen LogP contribution >= 0.6 is 24.0 Å². The van der Waals surface area contributed by atoms with E-state index in [0.29, 0.717) is 32.3 Å². The van der Waals surface area contributed by atoms with Crippen molar-refractivity contribution in [2.24, 2.45) is 12.0 Å². The lowest BCUT2D eigenvalue weighted by Gasteiger charge is -2.16. The number of aliphatic imine (C=N–C) groups is 1. The van der Waals surface area contributed by atoms with E-state index in [4.69, 9.17) is 19.2 Å². The Labute approximate surface area is 207 Å². The van der Waals surface area contributed by atoms with Crippen molar-refractivity contribution in [2.45, 2.75) is 45.9 Å². The minimum Gasteiger partial charge on any atom is -0.488 e. The molecule has 0 aliphatic carbocycles. The van der Waals surface area contributed by atoms with Gasteiger partial charge in [-0.2, -0.15) is 0 Å². The molecule has 0 amide bonds. The molecule has 9 nitrogen and oxygen atoms in total. The second-order valence-corrected chi connectivity index (χ2v) is 7.73. The number of nitrogens with one attached hydrogen (secondary N) is 2. The van der Waals surface area contributed by atoms with E-state index in [2.05, 4.69) is 46.0 Å². The van der Waals surface area contributed by atoms with E-state index in [1.54, 1.807) is 7.11 Å². The van der Waals surface area contributed by atoms with E-state index >= 15 is 0 Å². The predicted molar refractivity (Wildman–Crippen MR) is 135 cm³/mol. The molecule has 2 N–H and O–H groups in total. The Morgan fingerprint density at radius 3 is 2.81 bits per heavy atom. The molecular formula is C22H35IN6O3. The van der Waals surface area contributed by atoms with Crippen LogP contribution in [0.15, 0.2) is 23.2 Å². The van der Waals surface area contributed by atoms with Gasteiger partial charge in [-0.1, -0.05) is 12.1 Å². The molecule has 1 aromatic carbocycles. The van der Waals surface area contributed by atoms with Crippen molar-refractivity contribution in [3.8, 4) is 5.75 Å². The minimum atomic E-state index is 0. The normalized spacial score (nSPS) is 16.0. The molecule has 0 spiro atoms. The summed E-state index contributed by atoms with van der Waals surface area (Å²) in [5.74, 6) is 3.32. The van der Waals surface area contributed by atoms with E-state index in [9.17, 15) is 0 Å². The van der Waals surface area contributed by atoms with Gasteiger partial charge in [0.2, 0.25) is 0 Å². The average molecular weight is 558 g/mol. The molecule has 1 unspecified atom stereocenters. The third-order valence-corrected chi connectivity index (χ3v) is 5.23. The van der Waals surface area contributed by atoms with Crippen LogP contribution in [0.5, 0.6) is 5.75 Å². The van der Waals surface area contributed by atoms with E-state index in [0.717, 1.165) is 54.5 Å². The molecule has 2 heterocycles. The van der Waals surface area contributed by atoms with Crippen molar-refractivity contribution in [1.82, 2.24) is 25.4 Å². The van der Waals surface area contributed by atoms with Crippen molar-refractivity contribution < 1.29 is 14.2 Å². The molecule has 1 aliphatic rings. The Kier molecular flexibility index (Phi) is 11.2. The van der Waals surface area contributed by atoms with Crippen molar-refractivity contribution in [3.63, 3.8) is 0 Å². The fourth-order valence-electron chi connectivity index (χ4n) is 3.22. The quantitative estimate of drug-likeness (QED) is 0.200. The van der Waals surface area contributed by atoms with Gasteiger partial charge in [0.25, 0.3) is 0 Å². The molecule has 1 aromatic heterocycles. The number of aryl methyl sites for hydroxylation is 2. The first kappa shape index (κ1) is 26.3. The zero-order valence-corrected chi connectivity index (χ0v) is 21.7. The number of guanidine groups is 1. The van der Waals surface area contributed by atoms with E-state index in [1.165, 1.54) is 0 Å². The molecule has 178 valence electrons. The van der Waals surface area contributed by atoms with Gasteiger partial charge < -0.3 is 29.4 Å². The smallest absolute Gasteiger partial charge is 0.191 e. The van der Waals surface area contributed by atoms with Crippen LogP contribution in [0.25, 0.3) is 0 Å². The predicted octanol–water partition coefficient (Wildman–Crippen LogP) is 2.49. The number of aromatic nitrogens is 3. The maximum Gasteiger partial charge on any atom is 0.191 e. The zero-order valence-electron chi connectivity index (χ0n) is 19.4. The lowest BCUT2D eigenvalue weighted by atomic mass is 10.1. The highest BCUT2D eigenvalue weighted by atomic mass is 127. The number of hydrogen-bond donors (Lipinski definition) is 2. The van der Waals surface area contributed by atoms with Crippen LogP contribution in [0.1, 0.15) is 35.6 Å². The molecule has 1 saturated heterocycles. The Morgan fingerprint density at radius 2 is 2.12 bits per heavy atom. The van der Waals surface area contributed by atoms with Gasteiger partial charge in [0.1, 0.15) is 17.7 Å². The minimum absolute atomic E-state index is 0. The van der Waals surface area contributed by atoms with E-state index in [1.807, 2.05) is 18.5 Å². The fourth-order valence-corrected chi connectivity index (χ4v) is 3.22. The highest BCUT2D eigenvalue weighted by Gasteiger charge is 2.18. The molecule has 1 atom stereocenters.